The number of aliphatic imine (C=N–C) groups is 1. The van der Waals surface area contributed by atoms with Gasteiger partial charge in [-0.25, -0.2) is 4.99 Å². The highest BCUT2D eigenvalue weighted by Gasteiger charge is 2.25. The minimum absolute atomic E-state index is 0.0273. The lowest BCUT2D eigenvalue weighted by atomic mass is 9.95. The first kappa shape index (κ1) is 22.0. The first-order valence-electron chi connectivity index (χ1n) is 10.7. The topological polar surface area (TPSA) is 62.5 Å². The van der Waals surface area contributed by atoms with Gasteiger partial charge in [-0.1, -0.05) is 26.0 Å². The molecule has 1 aromatic carbocycles. The Morgan fingerprint density at radius 2 is 2.07 bits per heavy atom. The van der Waals surface area contributed by atoms with E-state index in [1.807, 2.05) is 32.3 Å². The van der Waals surface area contributed by atoms with Crippen LogP contribution in [0, 0.1) is 18.8 Å². The lowest BCUT2D eigenvalue weighted by Crippen LogP contribution is -2.41. The summed E-state index contributed by atoms with van der Waals surface area (Å²) in [5.74, 6) is 1.21. The summed E-state index contributed by atoms with van der Waals surface area (Å²) < 4.78 is 1.79. The monoisotopic (exact) mass is 407 g/mol. The number of benzene rings is 1. The fourth-order valence-corrected chi connectivity index (χ4v) is 3.92. The van der Waals surface area contributed by atoms with Crippen LogP contribution in [-0.4, -0.2) is 46.9 Å². The van der Waals surface area contributed by atoms with Gasteiger partial charge in [-0.15, -0.1) is 0 Å². The molecule has 0 spiro atoms. The number of nitrogens with zero attached hydrogens (tertiary/aromatic N) is 4. The molecule has 0 aliphatic carbocycles. The zero-order chi connectivity index (χ0) is 21.7. The van der Waals surface area contributed by atoms with Crippen molar-refractivity contribution in [2.75, 3.05) is 19.6 Å². The second-order valence-corrected chi connectivity index (χ2v) is 8.59. The van der Waals surface area contributed by atoms with E-state index in [2.05, 4.69) is 59.1 Å². The second-order valence-electron chi connectivity index (χ2n) is 8.59. The number of amides is 1. The smallest absolute Gasteiger partial charge is 0.228 e. The normalized spacial score (nSPS) is 16.1. The van der Waals surface area contributed by atoms with Crippen LogP contribution in [0.3, 0.4) is 0 Å². The number of hydrogen-bond donors (Lipinski definition) is 1. The molecule has 6 nitrogen and oxygen atoms in total. The Balaban J connectivity index is 1.69. The molecule has 30 heavy (non-hydrogen) atoms. The van der Waals surface area contributed by atoms with Gasteiger partial charge in [0.2, 0.25) is 5.91 Å². The van der Waals surface area contributed by atoms with E-state index in [9.17, 15) is 4.79 Å². The fraction of sp³-hybridized carbons (Fsp3) is 0.458. The van der Waals surface area contributed by atoms with Crippen molar-refractivity contribution in [2.24, 2.45) is 23.9 Å². The molecule has 0 atom stereocenters. The van der Waals surface area contributed by atoms with Crippen LogP contribution in [0.2, 0.25) is 0 Å². The van der Waals surface area contributed by atoms with E-state index in [4.69, 9.17) is 0 Å². The molecule has 1 aromatic heterocycles. The van der Waals surface area contributed by atoms with Crippen molar-refractivity contribution < 1.29 is 4.79 Å². The molecular weight excluding hydrogens is 374 g/mol. The maximum atomic E-state index is 12.8. The first-order chi connectivity index (χ1) is 14.4. The van der Waals surface area contributed by atoms with Crippen LogP contribution in [0.25, 0.3) is 17.3 Å². The summed E-state index contributed by atoms with van der Waals surface area (Å²) in [5.41, 5.74) is 4.04. The maximum Gasteiger partial charge on any atom is 0.228 e. The van der Waals surface area contributed by atoms with Crippen LogP contribution in [0.15, 0.2) is 41.3 Å². The van der Waals surface area contributed by atoms with E-state index in [-0.39, 0.29) is 11.8 Å². The second kappa shape index (κ2) is 9.85. The van der Waals surface area contributed by atoms with Gasteiger partial charge in [0.05, 0.1) is 5.69 Å². The first-order valence-corrected chi connectivity index (χ1v) is 10.7. The number of likely N-dealkylation sites (tertiary alicyclic amines) is 1. The Morgan fingerprint density at radius 3 is 2.67 bits per heavy atom. The minimum atomic E-state index is 0.0273. The van der Waals surface area contributed by atoms with Gasteiger partial charge in [0, 0.05) is 31.3 Å². The highest BCUT2D eigenvalue weighted by Crippen LogP contribution is 2.23. The van der Waals surface area contributed by atoms with Crippen LogP contribution in [-0.2, 0) is 11.8 Å². The zero-order valence-corrected chi connectivity index (χ0v) is 18.6. The van der Waals surface area contributed by atoms with Gasteiger partial charge in [0.1, 0.15) is 5.82 Å². The number of nitrogens with one attached hydrogen (secondary N) is 1. The van der Waals surface area contributed by atoms with Crippen LogP contribution < -0.4 is 5.32 Å². The predicted octanol–water partition coefficient (Wildman–Crippen LogP) is 3.88. The van der Waals surface area contributed by atoms with Gasteiger partial charge in [-0.3, -0.25) is 9.48 Å². The summed E-state index contributed by atoms with van der Waals surface area (Å²) in [6.45, 7) is 13.2. The van der Waals surface area contributed by atoms with Crippen LogP contribution in [0.1, 0.15) is 37.8 Å². The van der Waals surface area contributed by atoms with Gasteiger partial charge in [0.15, 0.2) is 0 Å². The average Bonchev–Trinajstić information content (AvgIpc) is 3.15. The summed E-state index contributed by atoms with van der Waals surface area (Å²) in [6, 6.07) is 8.17. The fourth-order valence-electron chi connectivity index (χ4n) is 3.92. The van der Waals surface area contributed by atoms with E-state index in [0.717, 1.165) is 54.9 Å². The molecule has 1 saturated heterocycles. The molecule has 0 unspecified atom stereocenters. The highest BCUT2D eigenvalue weighted by atomic mass is 16.2. The van der Waals surface area contributed by atoms with Gasteiger partial charge >= 0.3 is 0 Å². The molecule has 0 bridgehead atoms. The van der Waals surface area contributed by atoms with Crippen LogP contribution in [0.5, 0.6) is 0 Å². The highest BCUT2D eigenvalue weighted by molar-refractivity contribution is 5.82. The summed E-state index contributed by atoms with van der Waals surface area (Å²) in [6.07, 6.45) is 5.59. The molecule has 6 heteroatoms. The van der Waals surface area contributed by atoms with E-state index in [1.54, 1.807) is 4.68 Å². The number of carbonyl (C=O) groups excluding carboxylic acids is 1. The van der Waals surface area contributed by atoms with E-state index >= 15 is 0 Å². The molecule has 1 fully saturated rings. The third kappa shape index (κ3) is 5.66. The summed E-state index contributed by atoms with van der Waals surface area (Å²) >= 11 is 0. The molecule has 2 heterocycles. The number of rotatable bonds is 7. The molecule has 1 amide bonds. The van der Waals surface area contributed by atoms with Gasteiger partial charge < -0.3 is 10.2 Å². The van der Waals surface area contributed by atoms with E-state index in [1.165, 1.54) is 0 Å². The van der Waals surface area contributed by atoms with Crippen molar-refractivity contribution in [2.45, 2.75) is 33.6 Å². The van der Waals surface area contributed by atoms with E-state index < -0.39 is 0 Å². The van der Waals surface area contributed by atoms with Gasteiger partial charge in [-0.2, -0.15) is 5.10 Å². The molecule has 0 saturated carbocycles. The molecule has 3 rings (SSSR count). The van der Waals surface area contributed by atoms with Gasteiger partial charge in [-0.05, 0) is 74.8 Å². The Morgan fingerprint density at radius 1 is 1.33 bits per heavy atom. The lowest BCUT2D eigenvalue weighted by Gasteiger charge is -2.32. The molecular formula is C24H33N5O. The Labute approximate surface area is 179 Å². The summed E-state index contributed by atoms with van der Waals surface area (Å²) in [4.78, 5) is 19.3. The number of aromatic nitrogens is 2. The van der Waals surface area contributed by atoms with Crippen molar-refractivity contribution in [1.29, 1.82) is 0 Å². The van der Waals surface area contributed by atoms with Crippen LogP contribution >= 0.6 is 0 Å². The molecule has 1 N–H and O–H groups in total. The Hall–Kier alpha value is -2.73. The van der Waals surface area contributed by atoms with Crippen molar-refractivity contribution >= 4 is 18.7 Å². The minimum Gasteiger partial charge on any atom is -0.310 e. The average molecular weight is 408 g/mol. The predicted molar refractivity (Wildman–Crippen MR) is 123 cm³/mol. The molecule has 1 aliphatic rings. The van der Waals surface area contributed by atoms with Crippen molar-refractivity contribution in [3.05, 3.63) is 47.4 Å². The third-order valence-electron chi connectivity index (χ3n) is 5.58. The molecule has 0 radical (unpaired) electrons. The Kier molecular flexibility index (Phi) is 7.21. The molecule has 160 valence electrons. The van der Waals surface area contributed by atoms with Crippen molar-refractivity contribution in [3.63, 3.8) is 0 Å². The largest absolute Gasteiger partial charge is 0.310 e. The zero-order valence-electron chi connectivity index (χ0n) is 18.6. The standard InChI is InChI=1S/C24H33N5O/c1-17(2)16-29-12-8-19(9-13-29)24(30)26-23(25-4)15-21-14-20(7-6-18(21)3)22-10-11-28(5)27-22/h6-7,10-11,14-15,17,19H,4,8-9,12-13,16H2,1-3,5H3,(H,26,30)/b23-15+. The van der Waals surface area contributed by atoms with Crippen LogP contribution in [0.4, 0.5) is 0 Å². The van der Waals surface area contributed by atoms with Gasteiger partial charge in [0.25, 0.3) is 0 Å². The molecule has 2 aromatic rings. The Bertz CT molecular complexity index is 919. The number of hydrogen-bond acceptors (Lipinski definition) is 4. The number of carbonyl (C=O) groups is 1. The van der Waals surface area contributed by atoms with Crippen molar-refractivity contribution in [1.82, 2.24) is 20.0 Å². The summed E-state index contributed by atoms with van der Waals surface area (Å²) in [7, 11) is 1.90. The maximum absolute atomic E-state index is 12.8. The summed E-state index contributed by atoms with van der Waals surface area (Å²) in [5, 5.41) is 7.46. The number of aryl methyl sites for hydroxylation is 2. The van der Waals surface area contributed by atoms with Crippen molar-refractivity contribution in [3.8, 4) is 11.3 Å². The van der Waals surface area contributed by atoms with E-state index in [0.29, 0.717) is 11.7 Å². The third-order valence-corrected chi connectivity index (χ3v) is 5.58. The number of piperidine rings is 1. The SMILES string of the molecule is C=N/C(=C\c1cc(-c2ccn(C)n2)ccc1C)NC(=O)C1CCN(CC(C)C)CC1. The lowest BCUT2D eigenvalue weighted by molar-refractivity contribution is -0.125. The molecule has 1 aliphatic heterocycles. The quantitative estimate of drug-likeness (QED) is 0.709.